The van der Waals surface area contributed by atoms with E-state index in [0.717, 1.165) is 22.6 Å². The Balaban J connectivity index is 1.72. The van der Waals surface area contributed by atoms with Crippen LogP contribution < -0.4 is 9.47 Å². The highest BCUT2D eigenvalue weighted by Gasteiger charge is 2.23. The molecule has 134 valence electrons. The molecule has 1 fully saturated rings. The second-order valence-corrected chi connectivity index (χ2v) is 6.69. The predicted octanol–water partition coefficient (Wildman–Crippen LogP) is 1.79. The van der Waals surface area contributed by atoms with E-state index in [2.05, 4.69) is 13.8 Å². The van der Waals surface area contributed by atoms with E-state index in [1.54, 1.807) is 0 Å². The molecule has 0 unspecified atom stereocenters. The van der Waals surface area contributed by atoms with Gasteiger partial charge < -0.3 is 23.7 Å². The number of amides is 1. The average Bonchev–Trinajstić information content (AvgIpc) is 2.98. The first-order chi connectivity index (χ1) is 12.1. The monoisotopic (exact) mass is 345 g/mol. The minimum absolute atomic E-state index is 0.0967. The van der Waals surface area contributed by atoms with Crippen molar-refractivity contribution in [2.45, 2.75) is 26.3 Å². The molecule has 7 nitrogen and oxygen atoms in total. The van der Waals surface area contributed by atoms with E-state index < -0.39 is 0 Å². The van der Waals surface area contributed by atoms with E-state index in [4.69, 9.17) is 19.2 Å². The molecule has 2 aliphatic heterocycles. The lowest BCUT2D eigenvalue weighted by molar-refractivity contribution is -0.135. The van der Waals surface area contributed by atoms with E-state index in [9.17, 15) is 4.79 Å². The molecule has 0 spiro atoms. The molecule has 0 bridgehead atoms. The van der Waals surface area contributed by atoms with Crippen LogP contribution in [0.15, 0.2) is 12.1 Å². The predicted molar refractivity (Wildman–Crippen MR) is 92.2 cm³/mol. The molecule has 1 aromatic heterocycles. The minimum atomic E-state index is 0.0967. The molecule has 1 saturated heterocycles. The normalized spacial score (nSPS) is 17.3. The molecule has 25 heavy (non-hydrogen) atoms. The molecule has 0 radical (unpaired) electrons. The quantitative estimate of drug-likeness (QED) is 0.848. The van der Waals surface area contributed by atoms with Crippen molar-refractivity contribution in [1.29, 1.82) is 0 Å². The van der Waals surface area contributed by atoms with Gasteiger partial charge in [0.1, 0.15) is 25.6 Å². The zero-order valence-corrected chi connectivity index (χ0v) is 14.7. The zero-order chi connectivity index (χ0) is 17.4. The molecule has 0 aliphatic carbocycles. The molecule has 2 aromatic rings. The Morgan fingerprint density at radius 3 is 2.48 bits per heavy atom. The Morgan fingerprint density at radius 1 is 1.12 bits per heavy atom. The van der Waals surface area contributed by atoms with Crippen molar-refractivity contribution in [1.82, 2.24) is 14.5 Å². The number of carbonyl (C=O) groups is 1. The highest BCUT2D eigenvalue weighted by atomic mass is 16.6. The van der Waals surface area contributed by atoms with E-state index >= 15 is 0 Å². The zero-order valence-electron chi connectivity index (χ0n) is 14.7. The number of imidazole rings is 1. The number of nitrogens with zero attached hydrogens (tertiary/aromatic N) is 3. The number of carbonyl (C=O) groups excluding carboxylic acids is 1. The number of fused-ring (bicyclic) bond motifs is 2. The fraction of sp³-hybridized carbons (Fsp3) is 0.556. The van der Waals surface area contributed by atoms with Crippen LogP contribution in [0.3, 0.4) is 0 Å². The maximum atomic E-state index is 12.7. The Bertz CT molecular complexity index is 793. The van der Waals surface area contributed by atoms with E-state index in [-0.39, 0.29) is 18.4 Å². The number of benzene rings is 1. The summed E-state index contributed by atoms with van der Waals surface area (Å²) in [6.07, 6.45) is 0. The molecule has 3 heterocycles. The van der Waals surface area contributed by atoms with E-state index in [1.807, 2.05) is 21.6 Å². The minimum Gasteiger partial charge on any atom is -0.486 e. The van der Waals surface area contributed by atoms with Crippen LogP contribution >= 0.6 is 0 Å². The lowest BCUT2D eigenvalue weighted by Gasteiger charge is -2.27. The summed E-state index contributed by atoms with van der Waals surface area (Å²) in [4.78, 5) is 19.3. The number of rotatable bonds is 3. The summed E-state index contributed by atoms with van der Waals surface area (Å²) in [6, 6.07) is 3.85. The molecule has 1 amide bonds. The Labute approximate surface area is 146 Å². The largest absolute Gasteiger partial charge is 0.486 e. The van der Waals surface area contributed by atoms with Crippen LogP contribution in [-0.2, 0) is 16.1 Å². The molecule has 0 atom stereocenters. The fourth-order valence-electron chi connectivity index (χ4n) is 3.34. The maximum absolute atomic E-state index is 12.7. The molecule has 2 aliphatic rings. The second kappa shape index (κ2) is 6.55. The van der Waals surface area contributed by atoms with Gasteiger partial charge in [0.15, 0.2) is 11.5 Å². The van der Waals surface area contributed by atoms with Gasteiger partial charge in [-0.2, -0.15) is 0 Å². The van der Waals surface area contributed by atoms with Gasteiger partial charge in [-0.3, -0.25) is 4.79 Å². The molecule has 1 aromatic carbocycles. The molecular formula is C18H23N3O4. The topological polar surface area (TPSA) is 65.8 Å². The van der Waals surface area contributed by atoms with Gasteiger partial charge >= 0.3 is 0 Å². The third-order valence-corrected chi connectivity index (χ3v) is 4.62. The number of ether oxygens (including phenoxy) is 3. The number of hydrogen-bond acceptors (Lipinski definition) is 5. The first kappa shape index (κ1) is 16.2. The SMILES string of the molecule is CC(C)c1nc2cc3c(cc2n1CC(=O)N1CCOCC1)OCCO3. The van der Waals surface area contributed by atoms with Crippen LogP contribution in [0, 0.1) is 0 Å². The van der Waals surface area contributed by atoms with E-state index in [1.165, 1.54) is 0 Å². The number of aromatic nitrogens is 2. The third-order valence-electron chi connectivity index (χ3n) is 4.62. The van der Waals surface area contributed by atoms with Crippen LogP contribution in [-0.4, -0.2) is 59.9 Å². The van der Waals surface area contributed by atoms with Crippen molar-refractivity contribution in [2.75, 3.05) is 39.5 Å². The number of hydrogen-bond donors (Lipinski definition) is 0. The fourth-order valence-corrected chi connectivity index (χ4v) is 3.34. The summed E-state index contributed by atoms with van der Waals surface area (Å²) in [5.41, 5.74) is 1.75. The van der Waals surface area contributed by atoms with Crippen molar-refractivity contribution in [3.8, 4) is 11.5 Å². The van der Waals surface area contributed by atoms with Gasteiger partial charge in [0.2, 0.25) is 5.91 Å². The maximum Gasteiger partial charge on any atom is 0.242 e. The standard InChI is InChI=1S/C18H23N3O4/c1-12(2)18-19-13-9-15-16(25-8-7-24-15)10-14(13)21(18)11-17(22)20-3-5-23-6-4-20/h9-10,12H,3-8,11H2,1-2H3. The molecule has 0 N–H and O–H groups in total. The lowest BCUT2D eigenvalue weighted by Crippen LogP contribution is -2.42. The summed E-state index contributed by atoms with van der Waals surface area (Å²) in [7, 11) is 0. The van der Waals surface area contributed by atoms with Gasteiger partial charge in [-0.25, -0.2) is 4.98 Å². The first-order valence-electron chi connectivity index (χ1n) is 8.79. The van der Waals surface area contributed by atoms with Gasteiger partial charge in [0, 0.05) is 31.1 Å². The van der Waals surface area contributed by atoms with Crippen molar-refractivity contribution in [2.24, 2.45) is 0 Å². The average molecular weight is 345 g/mol. The second-order valence-electron chi connectivity index (χ2n) is 6.69. The van der Waals surface area contributed by atoms with E-state index in [0.29, 0.717) is 45.3 Å². The van der Waals surface area contributed by atoms with Crippen molar-refractivity contribution < 1.29 is 19.0 Å². The Hall–Kier alpha value is -2.28. The molecule has 7 heteroatoms. The number of morpholine rings is 1. The molecular weight excluding hydrogens is 322 g/mol. The molecule has 4 rings (SSSR count). The van der Waals surface area contributed by atoms with Gasteiger partial charge in [0.25, 0.3) is 0 Å². The lowest BCUT2D eigenvalue weighted by atomic mass is 10.2. The van der Waals surface area contributed by atoms with Crippen molar-refractivity contribution in [3.05, 3.63) is 18.0 Å². The Kier molecular flexibility index (Phi) is 4.25. The van der Waals surface area contributed by atoms with Crippen LogP contribution in [0.4, 0.5) is 0 Å². The summed E-state index contributed by atoms with van der Waals surface area (Å²) in [5, 5.41) is 0. The van der Waals surface area contributed by atoms with Crippen molar-refractivity contribution in [3.63, 3.8) is 0 Å². The molecule has 0 saturated carbocycles. The van der Waals surface area contributed by atoms with Crippen LogP contribution in [0.1, 0.15) is 25.6 Å². The van der Waals surface area contributed by atoms with Crippen LogP contribution in [0.5, 0.6) is 11.5 Å². The Morgan fingerprint density at radius 2 is 1.80 bits per heavy atom. The van der Waals surface area contributed by atoms with Gasteiger partial charge in [-0.05, 0) is 0 Å². The highest BCUT2D eigenvalue weighted by Crippen LogP contribution is 2.35. The van der Waals surface area contributed by atoms with Crippen LogP contribution in [0.25, 0.3) is 11.0 Å². The van der Waals surface area contributed by atoms with Gasteiger partial charge in [-0.1, -0.05) is 13.8 Å². The smallest absolute Gasteiger partial charge is 0.242 e. The third kappa shape index (κ3) is 3.04. The van der Waals surface area contributed by atoms with Crippen LogP contribution in [0.2, 0.25) is 0 Å². The summed E-state index contributed by atoms with van der Waals surface area (Å²) in [5.74, 6) is 2.65. The summed E-state index contributed by atoms with van der Waals surface area (Å²) >= 11 is 0. The van der Waals surface area contributed by atoms with Crippen molar-refractivity contribution >= 4 is 16.9 Å². The summed E-state index contributed by atoms with van der Waals surface area (Å²) in [6.45, 7) is 8.04. The first-order valence-corrected chi connectivity index (χ1v) is 8.79. The highest BCUT2D eigenvalue weighted by molar-refractivity contribution is 5.84. The summed E-state index contributed by atoms with van der Waals surface area (Å²) < 4.78 is 18.7. The van der Waals surface area contributed by atoms with Gasteiger partial charge in [-0.15, -0.1) is 0 Å². The van der Waals surface area contributed by atoms with Gasteiger partial charge in [0.05, 0.1) is 24.2 Å².